The number of aromatic nitrogens is 2. The second-order valence-electron chi connectivity index (χ2n) is 11.5. The minimum atomic E-state index is 0.531. The van der Waals surface area contributed by atoms with Gasteiger partial charge in [-0.05, 0) is 69.9 Å². The van der Waals surface area contributed by atoms with Crippen LogP contribution >= 0.6 is 0 Å². The van der Waals surface area contributed by atoms with Gasteiger partial charge in [0.05, 0.1) is 0 Å². The van der Waals surface area contributed by atoms with Crippen LogP contribution in [0, 0.1) is 0 Å². The first-order chi connectivity index (χ1) is 16.9. The third kappa shape index (κ3) is 9.88. The van der Waals surface area contributed by atoms with Crippen LogP contribution in [0.5, 0.6) is 0 Å². The Bertz CT molecular complexity index is 800. The van der Waals surface area contributed by atoms with E-state index in [1.54, 1.807) is 0 Å². The third-order valence-corrected chi connectivity index (χ3v) is 6.32. The van der Waals surface area contributed by atoms with E-state index in [0.717, 1.165) is 0 Å². The van der Waals surface area contributed by atoms with Crippen molar-refractivity contribution in [1.82, 2.24) is 9.97 Å². The molecule has 36 heavy (non-hydrogen) atoms. The SMILES string of the molecule is CC(C)c1ccccc1C(C)C.CC(C)c1cccnc1C(C)C.CC(C)c1cccnc1C(C)C. The Morgan fingerprint density at radius 2 is 0.639 bits per heavy atom. The maximum absolute atomic E-state index is 4.40. The van der Waals surface area contributed by atoms with E-state index in [0.29, 0.717) is 35.5 Å². The largest absolute Gasteiger partial charge is 0.261 e. The Labute approximate surface area is 223 Å². The van der Waals surface area contributed by atoms with Gasteiger partial charge in [-0.1, -0.05) is 119 Å². The van der Waals surface area contributed by atoms with Gasteiger partial charge in [-0.15, -0.1) is 0 Å². The minimum absolute atomic E-state index is 0.531. The topological polar surface area (TPSA) is 25.8 Å². The molecular weight excluding hydrogens is 436 g/mol. The summed E-state index contributed by atoms with van der Waals surface area (Å²) in [5.74, 6) is 3.51. The summed E-state index contributed by atoms with van der Waals surface area (Å²) >= 11 is 0. The van der Waals surface area contributed by atoms with Crippen LogP contribution in [-0.4, -0.2) is 9.97 Å². The molecule has 2 heteroatoms. The van der Waals surface area contributed by atoms with E-state index in [1.165, 1.54) is 33.6 Å². The first kappa shape index (κ1) is 31.5. The summed E-state index contributed by atoms with van der Waals surface area (Å²) in [6.07, 6.45) is 3.75. The molecule has 3 rings (SSSR count). The van der Waals surface area contributed by atoms with E-state index < -0.39 is 0 Å². The van der Waals surface area contributed by atoms with Crippen molar-refractivity contribution in [2.45, 2.75) is 119 Å². The molecule has 0 amide bonds. The van der Waals surface area contributed by atoms with Gasteiger partial charge in [0.25, 0.3) is 0 Å². The molecule has 3 aromatic rings. The normalized spacial score (nSPS) is 11.2. The Morgan fingerprint density at radius 3 is 0.861 bits per heavy atom. The van der Waals surface area contributed by atoms with Gasteiger partial charge < -0.3 is 0 Å². The predicted molar refractivity (Wildman–Crippen MR) is 159 cm³/mol. The summed E-state index contributed by atoms with van der Waals surface area (Å²) < 4.78 is 0. The average molecular weight is 489 g/mol. The maximum Gasteiger partial charge on any atom is 0.0463 e. The van der Waals surface area contributed by atoms with Gasteiger partial charge >= 0.3 is 0 Å². The van der Waals surface area contributed by atoms with E-state index in [-0.39, 0.29) is 0 Å². The number of hydrogen-bond donors (Lipinski definition) is 0. The minimum Gasteiger partial charge on any atom is -0.261 e. The summed E-state index contributed by atoms with van der Waals surface area (Å²) in [7, 11) is 0. The average Bonchev–Trinajstić information content (AvgIpc) is 2.84. The van der Waals surface area contributed by atoms with E-state index in [1.807, 2.05) is 24.5 Å². The molecule has 0 fully saturated rings. The zero-order valence-corrected chi connectivity index (χ0v) is 25.1. The molecule has 2 aromatic heterocycles. The van der Waals surface area contributed by atoms with Crippen molar-refractivity contribution in [3.05, 3.63) is 94.6 Å². The molecule has 0 spiro atoms. The van der Waals surface area contributed by atoms with Gasteiger partial charge in [-0.2, -0.15) is 0 Å². The summed E-state index contributed by atoms with van der Waals surface area (Å²) in [6, 6.07) is 17.1. The van der Waals surface area contributed by atoms with Crippen LogP contribution in [0.3, 0.4) is 0 Å². The van der Waals surface area contributed by atoms with Crippen LogP contribution in [0.15, 0.2) is 60.9 Å². The fraction of sp³-hybridized carbons (Fsp3) is 0.529. The number of nitrogens with zero attached hydrogens (tertiary/aromatic N) is 2. The van der Waals surface area contributed by atoms with Crippen molar-refractivity contribution >= 4 is 0 Å². The Morgan fingerprint density at radius 1 is 0.361 bits per heavy atom. The van der Waals surface area contributed by atoms with Crippen molar-refractivity contribution in [3.63, 3.8) is 0 Å². The highest BCUT2D eigenvalue weighted by molar-refractivity contribution is 5.32. The zero-order chi connectivity index (χ0) is 27.4. The monoisotopic (exact) mass is 488 g/mol. The molecule has 0 aliphatic carbocycles. The highest BCUT2D eigenvalue weighted by Crippen LogP contribution is 2.26. The molecule has 0 saturated heterocycles. The quantitative estimate of drug-likeness (QED) is 0.345. The zero-order valence-electron chi connectivity index (χ0n) is 25.1. The summed E-state index contributed by atoms with van der Waals surface area (Å²) in [5.41, 5.74) is 8.24. The molecule has 0 bridgehead atoms. The van der Waals surface area contributed by atoms with Gasteiger partial charge in [0, 0.05) is 23.8 Å². The Kier molecular flexibility index (Phi) is 13.7. The first-order valence-electron chi connectivity index (χ1n) is 13.9. The lowest BCUT2D eigenvalue weighted by atomic mass is 9.91. The van der Waals surface area contributed by atoms with Crippen molar-refractivity contribution in [2.75, 3.05) is 0 Å². The summed E-state index contributed by atoms with van der Waals surface area (Å²) in [6.45, 7) is 26.6. The van der Waals surface area contributed by atoms with E-state index in [4.69, 9.17) is 0 Å². The molecule has 2 nitrogen and oxygen atoms in total. The van der Waals surface area contributed by atoms with Gasteiger partial charge in [0.2, 0.25) is 0 Å². The molecule has 0 N–H and O–H groups in total. The molecule has 0 aliphatic heterocycles. The highest BCUT2D eigenvalue weighted by atomic mass is 14.7. The molecule has 0 atom stereocenters. The van der Waals surface area contributed by atoms with E-state index in [9.17, 15) is 0 Å². The first-order valence-corrected chi connectivity index (χ1v) is 13.9. The molecule has 198 valence electrons. The molecule has 0 radical (unpaired) electrons. The predicted octanol–water partition coefficient (Wildman–Crippen LogP) is 10.6. The number of benzene rings is 1. The van der Waals surface area contributed by atoms with E-state index in [2.05, 4.69) is 129 Å². The molecular formula is C34H52N2. The highest BCUT2D eigenvalue weighted by Gasteiger charge is 2.10. The third-order valence-electron chi connectivity index (χ3n) is 6.32. The summed E-state index contributed by atoms with van der Waals surface area (Å²) in [5, 5.41) is 0. The second kappa shape index (κ2) is 15.6. The molecule has 2 heterocycles. The van der Waals surface area contributed by atoms with Crippen molar-refractivity contribution < 1.29 is 0 Å². The lowest BCUT2D eigenvalue weighted by Crippen LogP contribution is -2.00. The van der Waals surface area contributed by atoms with Crippen LogP contribution in [0.4, 0.5) is 0 Å². The van der Waals surface area contributed by atoms with Crippen molar-refractivity contribution in [3.8, 4) is 0 Å². The van der Waals surface area contributed by atoms with Gasteiger partial charge in [-0.25, -0.2) is 0 Å². The lowest BCUT2D eigenvalue weighted by molar-refractivity contribution is 0.757. The fourth-order valence-corrected chi connectivity index (χ4v) is 4.36. The van der Waals surface area contributed by atoms with Crippen LogP contribution in [-0.2, 0) is 0 Å². The van der Waals surface area contributed by atoms with Crippen molar-refractivity contribution in [1.29, 1.82) is 0 Å². The Hall–Kier alpha value is -2.48. The van der Waals surface area contributed by atoms with Crippen LogP contribution < -0.4 is 0 Å². The van der Waals surface area contributed by atoms with Crippen LogP contribution in [0.25, 0.3) is 0 Å². The van der Waals surface area contributed by atoms with Crippen LogP contribution in [0.1, 0.15) is 152 Å². The fourth-order valence-electron chi connectivity index (χ4n) is 4.36. The smallest absolute Gasteiger partial charge is 0.0463 e. The van der Waals surface area contributed by atoms with Gasteiger partial charge in [0.1, 0.15) is 0 Å². The van der Waals surface area contributed by atoms with Crippen LogP contribution in [0.2, 0.25) is 0 Å². The summed E-state index contributed by atoms with van der Waals surface area (Å²) in [4.78, 5) is 8.80. The van der Waals surface area contributed by atoms with E-state index >= 15 is 0 Å². The number of pyridine rings is 2. The maximum atomic E-state index is 4.40. The second-order valence-corrected chi connectivity index (χ2v) is 11.5. The Balaban J connectivity index is 0.000000270. The number of hydrogen-bond acceptors (Lipinski definition) is 2. The van der Waals surface area contributed by atoms with Crippen molar-refractivity contribution in [2.24, 2.45) is 0 Å². The standard InChI is InChI=1S/C12H18.2C11H17N/c1-9(2)11-7-5-6-8-12(11)10(3)4;2*1-8(2)10-6-5-7-12-11(10)9(3)4/h5-10H,1-4H3;2*5-9H,1-4H3. The number of rotatable bonds is 6. The molecule has 0 unspecified atom stereocenters. The molecule has 0 aliphatic rings. The lowest BCUT2D eigenvalue weighted by Gasteiger charge is -2.14. The molecule has 0 saturated carbocycles. The molecule has 1 aromatic carbocycles. The van der Waals surface area contributed by atoms with Gasteiger partial charge in [0.15, 0.2) is 0 Å². The van der Waals surface area contributed by atoms with Gasteiger partial charge in [-0.3, -0.25) is 9.97 Å².